The van der Waals surface area contributed by atoms with E-state index in [2.05, 4.69) is 4.98 Å². The molecule has 0 saturated carbocycles. The van der Waals surface area contributed by atoms with Gasteiger partial charge in [0, 0.05) is 11.8 Å². The molecule has 0 bridgehead atoms. The van der Waals surface area contributed by atoms with Gasteiger partial charge in [0.25, 0.3) is 0 Å². The van der Waals surface area contributed by atoms with Crippen LogP contribution in [0.3, 0.4) is 0 Å². The molecular weight excluding hydrogens is 186 g/mol. The standard InChI is InChI=1S/C9H11NO2S/c1-12-8-3-7(4-10-5-8)9(11)6-13-2/h3-5H,6H2,1-2H3. The highest BCUT2D eigenvalue weighted by Crippen LogP contribution is 2.11. The molecule has 1 rings (SSSR count). The maximum atomic E-state index is 11.4. The molecule has 0 amide bonds. The summed E-state index contributed by atoms with van der Waals surface area (Å²) in [6.45, 7) is 0. The molecule has 3 nitrogen and oxygen atoms in total. The van der Waals surface area contributed by atoms with Crippen LogP contribution in [-0.4, -0.2) is 29.9 Å². The smallest absolute Gasteiger partial charge is 0.174 e. The van der Waals surface area contributed by atoms with Crippen LogP contribution in [0, 0.1) is 0 Å². The van der Waals surface area contributed by atoms with Crippen molar-refractivity contribution in [3.63, 3.8) is 0 Å². The van der Waals surface area contributed by atoms with E-state index in [9.17, 15) is 4.79 Å². The maximum Gasteiger partial charge on any atom is 0.174 e. The molecule has 0 unspecified atom stereocenters. The third-order valence-corrected chi connectivity index (χ3v) is 2.10. The summed E-state index contributed by atoms with van der Waals surface area (Å²) in [6, 6.07) is 1.70. The number of ketones is 1. The van der Waals surface area contributed by atoms with Crippen LogP contribution in [-0.2, 0) is 0 Å². The fourth-order valence-electron chi connectivity index (χ4n) is 0.897. The Kier molecular flexibility index (Phi) is 3.76. The van der Waals surface area contributed by atoms with Crippen molar-refractivity contribution in [2.24, 2.45) is 0 Å². The van der Waals surface area contributed by atoms with Gasteiger partial charge in [0.05, 0.1) is 19.1 Å². The molecule has 0 atom stereocenters. The summed E-state index contributed by atoms with van der Waals surface area (Å²) in [4.78, 5) is 15.3. The summed E-state index contributed by atoms with van der Waals surface area (Å²) >= 11 is 1.50. The van der Waals surface area contributed by atoms with Crippen LogP contribution in [0.5, 0.6) is 5.75 Å². The topological polar surface area (TPSA) is 39.2 Å². The number of aromatic nitrogens is 1. The van der Waals surface area contributed by atoms with Crippen LogP contribution >= 0.6 is 11.8 Å². The van der Waals surface area contributed by atoms with E-state index in [4.69, 9.17) is 4.74 Å². The normalized spacial score (nSPS) is 9.69. The molecule has 0 saturated heterocycles. The lowest BCUT2D eigenvalue weighted by Crippen LogP contribution is -2.02. The summed E-state index contributed by atoms with van der Waals surface area (Å²) < 4.78 is 4.96. The Balaban J connectivity index is 2.82. The summed E-state index contributed by atoms with van der Waals surface area (Å²) in [7, 11) is 1.56. The molecule has 0 aromatic carbocycles. The Morgan fingerprint density at radius 1 is 1.62 bits per heavy atom. The van der Waals surface area contributed by atoms with Gasteiger partial charge in [-0.25, -0.2) is 0 Å². The van der Waals surface area contributed by atoms with E-state index in [1.54, 1.807) is 25.6 Å². The molecule has 0 aliphatic carbocycles. The third kappa shape index (κ3) is 2.73. The fourth-order valence-corrected chi connectivity index (χ4v) is 1.33. The van der Waals surface area contributed by atoms with Gasteiger partial charge >= 0.3 is 0 Å². The van der Waals surface area contributed by atoms with Crippen molar-refractivity contribution < 1.29 is 9.53 Å². The van der Waals surface area contributed by atoms with E-state index >= 15 is 0 Å². The minimum atomic E-state index is 0.0823. The number of rotatable bonds is 4. The molecule has 1 aromatic rings. The summed E-state index contributed by atoms with van der Waals surface area (Å²) in [5.41, 5.74) is 0.605. The van der Waals surface area contributed by atoms with Crippen LogP contribution in [0.25, 0.3) is 0 Å². The first-order chi connectivity index (χ1) is 6.27. The van der Waals surface area contributed by atoms with E-state index in [0.717, 1.165) is 0 Å². The van der Waals surface area contributed by atoms with Crippen LogP contribution in [0.2, 0.25) is 0 Å². The van der Waals surface area contributed by atoms with Crippen molar-refractivity contribution in [3.05, 3.63) is 24.0 Å². The molecule has 70 valence electrons. The highest BCUT2D eigenvalue weighted by molar-refractivity contribution is 7.99. The molecule has 0 fully saturated rings. The first-order valence-electron chi connectivity index (χ1n) is 3.79. The highest BCUT2D eigenvalue weighted by atomic mass is 32.2. The van der Waals surface area contributed by atoms with Gasteiger partial charge < -0.3 is 4.74 Å². The number of nitrogens with zero attached hydrogens (tertiary/aromatic N) is 1. The zero-order valence-corrected chi connectivity index (χ0v) is 8.43. The third-order valence-electron chi connectivity index (χ3n) is 1.55. The lowest BCUT2D eigenvalue weighted by atomic mass is 10.2. The minimum Gasteiger partial charge on any atom is -0.495 e. The van der Waals surface area contributed by atoms with Gasteiger partial charge in [0.15, 0.2) is 5.78 Å². The molecule has 1 aromatic heterocycles. The fraction of sp³-hybridized carbons (Fsp3) is 0.333. The molecule has 0 aliphatic rings. The van der Waals surface area contributed by atoms with Crippen LogP contribution in [0.4, 0.5) is 0 Å². The molecule has 4 heteroatoms. The highest BCUT2D eigenvalue weighted by Gasteiger charge is 2.05. The van der Waals surface area contributed by atoms with Crippen LogP contribution < -0.4 is 4.74 Å². The second-order valence-electron chi connectivity index (χ2n) is 2.47. The van der Waals surface area contributed by atoms with E-state index < -0.39 is 0 Å². The van der Waals surface area contributed by atoms with Crippen LogP contribution in [0.1, 0.15) is 10.4 Å². The Morgan fingerprint density at radius 2 is 2.38 bits per heavy atom. The van der Waals surface area contributed by atoms with Gasteiger partial charge in [-0.15, -0.1) is 0 Å². The largest absolute Gasteiger partial charge is 0.495 e. The number of hydrogen-bond acceptors (Lipinski definition) is 4. The second-order valence-corrected chi connectivity index (χ2v) is 3.34. The SMILES string of the molecule is COc1cncc(C(=O)CSC)c1. The van der Waals surface area contributed by atoms with Gasteiger partial charge in [-0.05, 0) is 12.3 Å². The van der Waals surface area contributed by atoms with Gasteiger partial charge in [0.2, 0.25) is 0 Å². The number of carbonyl (C=O) groups excluding carboxylic acids is 1. The second kappa shape index (κ2) is 4.87. The minimum absolute atomic E-state index is 0.0823. The molecule has 13 heavy (non-hydrogen) atoms. The molecule has 1 heterocycles. The van der Waals surface area contributed by atoms with E-state index in [-0.39, 0.29) is 5.78 Å². The van der Waals surface area contributed by atoms with Crippen molar-refractivity contribution >= 4 is 17.5 Å². The van der Waals surface area contributed by atoms with Crippen molar-refractivity contribution in [2.45, 2.75) is 0 Å². The summed E-state index contributed by atoms with van der Waals surface area (Å²) in [5, 5.41) is 0. The van der Waals surface area contributed by atoms with E-state index in [1.165, 1.54) is 11.8 Å². The predicted molar refractivity (Wildman–Crippen MR) is 53.5 cm³/mol. The number of hydrogen-bond donors (Lipinski definition) is 0. The molecule has 0 radical (unpaired) electrons. The Labute approximate surface area is 81.5 Å². The Morgan fingerprint density at radius 3 is 3.00 bits per heavy atom. The van der Waals surface area contributed by atoms with E-state index in [1.807, 2.05) is 6.26 Å². The lowest BCUT2D eigenvalue weighted by Gasteiger charge is -2.01. The van der Waals surface area contributed by atoms with Crippen molar-refractivity contribution in [2.75, 3.05) is 19.1 Å². The number of thioether (sulfide) groups is 1. The molecule has 0 N–H and O–H groups in total. The average Bonchev–Trinajstić information content (AvgIpc) is 2.18. The van der Waals surface area contributed by atoms with Gasteiger partial charge in [-0.3, -0.25) is 9.78 Å². The Bertz CT molecular complexity index is 301. The van der Waals surface area contributed by atoms with E-state index in [0.29, 0.717) is 17.1 Å². The zero-order chi connectivity index (χ0) is 9.68. The first kappa shape index (κ1) is 10.1. The number of methoxy groups -OCH3 is 1. The first-order valence-corrected chi connectivity index (χ1v) is 5.18. The van der Waals surface area contributed by atoms with Gasteiger partial charge in [0.1, 0.15) is 5.75 Å². The number of pyridine rings is 1. The number of Topliss-reactive ketones (excluding diaryl/α,β-unsaturated/α-hetero) is 1. The average molecular weight is 197 g/mol. The summed E-state index contributed by atoms with van der Waals surface area (Å²) in [6.07, 6.45) is 5.03. The van der Waals surface area contributed by atoms with Crippen LogP contribution in [0.15, 0.2) is 18.5 Å². The summed E-state index contributed by atoms with van der Waals surface area (Å²) in [5.74, 6) is 1.18. The quantitative estimate of drug-likeness (QED) is 0.688. The zero-order valence-electron chi connectivity index (χ0n) is 7.61. The monoisotopic (exact) mass is 197 g/mol. The number of carbonyl (C=O) groups is 1. The van der Waals surface area contributed by atoms with Crippen molar-refractivity contribution in [3.8, 4) is 5.75 Å². The molecular formula is C9H11NO2S. The lowest BCUT2D eigenvalue weighted by molar-refractivity contribution is 0.102. The van der Waals surface area contributed by atoms with Gasteiger partial charge in [-0.1, -0.05) is 0 Å². The number of ether oxygens (including phenoxy) is 1. The maximum absolute atomic E-state index is 11.4. The van der Waals surface area contributed by atoms with Crippen molar-refractivity contribution in [1.82, 2.24) is 4.98 Å². The molecule has 0 spiro atoms. The molecule has 0 aliphatic heterocycles. The van der Waals surface area contributed by atoms with Crippen molar-refractivity contribution in [1.29, 1.82) is 0 Å². The van der Waals surface area contributed by atoms with Gasteiger partial charge in [-0.2, -0.15) is 11.8 Å². The predicted octanol–water partition coefficient (Wildman–Crippen LogP) is 1.64. The Hall–Kier alpha value is -1.03.